The third-order valence-corrected chi connectivity index (χ3v) is 3.29. The van der Waals surface area contributed by atoms with Crippen molar-refractivity contribution in [3.05, 3.63) is 29.3 Å². The summed E-state index contributed by atoms with van der Waals surface area (Å²) in [5.74, 6) is 0. The summed E-state index contributed by atoms with van der Waals surface area (Å²) in [6.45, 7) is 8.95. The first-order valence-corrected chi connectivity index (χ1v) is 6.09. The normalized spacial score (nSPS) is 10.6. The van der Waals surface area contributed by atoms with E-state index in [1.807, 2.05) is 0 Å². The predicted octanol–water partition coefficient (Wildman–Crippen LogP) is 2.67. The topological polar surface area (TPSA) is 0 Å². The molecule has 60 valence electrons. The smallest absolute Gasteiger partial charge is 0.0214 e. The highest BCUT2D eigenvalue weighted by atomic mass is 31.1. The highest BCUT2D eigenvalue weighted by Crippen LogP contribution is 2.25. The second-order valence-electron chi connectivity index (χ2n) is 3.18. The van der Waals surface area contributed by atoms with Crippen molar-refractivity contribution in [2.75, 3.05) is 13.3 Å². The zero-order valence-electron chi connectivity index (χ0n) is 7.68. The van der Waals surface area contributed by atoms with Crippen molar-refractivity contribution in [1.29, 1.82) is 0 Å². The van der Waals surface area contributed by atoms with E-state index in [1.165, 1.54) is 11.1 Å². The van der Waals surface area contributed by atoms with Crippen molar-refractivity contribution in [3.63, 3.8) is 0 Å². The Morgan fingerprint density at radius 1 is 1.09 bits per heavy atom. The summed E-state index contributed by atoms with van der Waals surface area (Å²) in [5, 5.41) is 1.54. The van der Waals surface area contributed by atoms with E-state index in [-0.39, 0.29) is 7.92 Å². The van der Waals surface area contributed by atoms with Crippen molar-refractivity contribution >= 4 is 13.2 Å². The quantitative estimate of drug-likeness (QED) is 0.563. The fraction of sp³-hybridized carbons (Fsp3) is 0.400. The van der Waals surface area contributed by atoms with Gasteiger partial charge in [0.2, 0.25) is 0 Å². The molecule has 0 aliphatic heterocycles. The molecule has 0 aliphatic carbocycles. The van der Waals surface area contributed by atoms with Crippen LogP contribution < -0.4 is 5.30 Å². The first kappa shape index (κ1) is 8.74. The van der Waals surface area contributed by atoms with E-state index in [0.717, 1.165) is 0 Å². The third kappa shape index (κ3) is 2.04. The van der Waals surface area contributed by atoms with Crippen LogP contribution in [0.5, 0.6) is 0 Å². The van der Waals surface area contributed by atoms with Crippen LogP contribution in [0, 0.1) is 13.8 Å². The van der Waals surface area contributed by atoms with Crippen molar-refractivity contribution in [2.24, 2.45) is 0 Å². The number of aryl methyl sites for hydroxylation is 2. The number of rotatable bonds is 1. The molecule has 0 amide bonds. The van der Waals surface area contributed by atoms with Gasteiger partial charge in [-0.3, -0.25) is 0 Å². The number of benzene rings is 1. The molecule has 0 radical (unpaired) electrons. The van der Waals surface area contributed by atoms with E-state index >= 15 is 0 Å². The maximum atomic E-state index is 2.31. The summed E-state index contributed by atoms with van der Waals surface area (Å²) in [5.41, 5.74) is 2.81. The molecule has 0 bridgehead atoms. The first-order valence-electron chi connectivity index (χ1n) is 3.86. The maximum Gasteiger partial charge on any atom is -0.0214 e. The Kier molecular flexibility index (Phi) is 2.67. The van der Waals surface area contributed by atoms with Gasteiger partial charge in [0.25, 0.3) is 0 Å². The average Bonchev–Trinajstić information content (AvgIpc) is 1.94. The Labute approximate surface area is 70.4 Å². The van der Waals surface area contributed by atoms with Gasteiger partial charge in [-0.2, -0.15) is 0 Å². The maximum absolute atomic E-state index is 2.31. The van der Waals surface area contributed by atoms with Crippen molar-refractivity contribution < 1.29 is 0 Å². The molecule has 0 nitrogen and oxygen atoms in total. The van der Waals surface area contributed by atoms with E-state index in [4.69, 9.17) is 0 Å². The van der Waals surface area contributed by atoms with Gasteiger partial charge in [0, 0.05) is 0 Å². The molecule has 0 aliphatic rings. The molecule has 1 aromatic carbocycles. The average molecular weight is 166 g/mol. The molecular formula is C10H15P. The summed E-state index contributed by atoms with van der Waals surface area (Å²) in [6.07, 6.45) is 0. The van der Waals surface area contributed by atoms with Crippen LogP contribution >= 0.6 is 7.92 Å². The zero-order chi connectivity index (χ0) is 8.43. The molecule has 0 fully saturated rings. The van der Waals surface area contributed by atoms with E-state index in [0.29, 0.717) is 0 Å². The van der Waals surface area contributed by atoms with Gasteiger partial charge >= 0.3 is 0 Å². The highest BCUT2D eigenvalue weighted by molar-refractivity contribution is 7.64. The molecular weight excluding hydrogens is 151 g/mol. The van der Waals surface area contributed by atoms with Crippen LogP contribution in [0.15, 0.2) is 18.2 Å². The van der Waals surface area contributed by atoms with Gasteiger partial charge in [0.05, 0.1) is 0 Å². The minimum Gasteiger partial charge on any atom is -0.0814 e. The molecule has 1 heteroatoms. The molecule has 0 unspecified atom stereocenters. The molecule has 0 heterocycles. The van der Waals surface area contributed by atoms with E-state index < -0.39 is 0 Å². The lowest BCUT2D eigenvalue weighted by Gasteiger charge is -2.10. The molecule has 0 spiro atoms. The van der Waals surface area contributed by atoms with Crippen molar-refractivity contribution in [3.8, 4) is 0 Å². The minimum absolute atomic E-state index is 0.0674. The molecule has 11 heavy (non-hydrogen) atoms. The largest absolute Gasteiger partial charge is 0.0814 e. The summed E-state index contributed by atoms with van der Waals surface area (Å²) in [7, 11) is 0.0674. The second kappa shape index (κ2) is 3.36. The molecule has 1 aromatic rings. The summed E-state index contributed by atoms with van der Waals surface area (Å²) >= 11 is 0. The van der Waals surface area contributed by atoms with Gasteiger partial charge in [-0.05, 0) is 38.0 Å². The SMILES string of the molecule is Cc1ccc(C)c(P(C)C)c1. The number of hydrogen-bond acceptors (Lipinski definition) is 0. The van der Waals surface area contributed by atoms with E-state index in [1.54, 1.807) is 5.30 Å². The summed E-state index contributed by atoms with van der Waals surface area (Å²) in [4.78, 5) is 0. The molecule has 0 N–H and O–H groups in total. The van der Waals surface area contributed by atoms with Crippen LogP contribution in [0.2, 0.25) is 0 Å². The molecule has 0 aromatic heterocycles. The minimum atomic E-state index is 0.0674. The van der Waals surface area contributed by atoms with Crippen LogP contribution in [0.1, 0.15) is 11.1 Å². The first-order chi connectivity index (χ1) is 5.11. The lowest BCUT2D eigenvalue weighted by Crippen LogP contribution is -2.04. The Bertz CT molecular complexity index is 251. The van der Waals surface area contributed by atoms with Gasteiger partial charge in [-0.25, -0.2) is 0 Å². The molecule has 1 rings (SSSR count). The lowest BCUT2D eigenvalue weighted by molar-refractivity contribution is 1.43. The lowest BCUT2D eigenvalue weighted by atomic mass is 10.2. The van der Waals surface area contributed by atoms with Gasteiger partial charge in [-0.1, -0.05) is 31.7 Å². The van der Waals surface area contributed by atoms with Gasteiger partial charge < -0.3 is 0 Å². The van der Waals surface area contributed by atoms with Gasteiger partial charge in [-0.15, -0.1) is 0 Å². The Morgan fingerprint density at radius 2 is 1.73 bits per heavy atom. The Morgan fingerprint density at radius 3 is 2.18 bits per heavy atom. The monoisotopic (exact) mass is 166 g/mol. The Hall–Kier alpha value is -0.350. The van der Waals surface area contributed by atoms with Crippen LogP contribution in [0.4, 0.5) is 0 Å². The number of hydrogen-bond donors (Lipinski definition) is 0. The fourth-order valence-corrected chi connectivity index (χ4v) is 2.44. The second-order valence-corrected chi connectivity index (χ2v) is 5.46. The van der Waals surface area contributed by atoms with Gasteiger partial charge in [0.15, 0.2) is 0 Å². The highest BCUT2D eigenvalue weighted by Gasteiger charge is 2.01. The van der Waals surface area contributed by atoms with E-state index in [2.05, 4.69) is 45.4 Å². The van der Waals surface area contributed by atoms with Crippen molar-refractivity contribution in [2.45, 2.75) is 13.8 Å². The predicted molar refractivity (Wildman–Crippen MR) is 54.3 cm³/mol. The Balaban J connectivity index is 3.13. The third-order valence-electron chi connectivity index (χ3n) is 1.85. The van der Waals surface area contributed by atoms with Crippen LogP contribution in [0.3, 0.4) is 0 Å². The van der Waals surface area contributed by atoms with Crippen LogP contribution in [-0.4, -0.2) is 13.3 Å². The standard InChI is InChI=1S/C10H15P/c1-8-5-6-9(2)10(7-8)11(3)4/h5-7H,1-4H3. The van der Waals surface area contributed by atoms with Crippen molar-refractivity contribution in [1.82, 2.24) is 0 Å². The van der Waals surface area contributed by atoms with Crippen LogP contribution in [0.25, 0.3) is 0 Å². The van der Waals surface area contributed by atoms with Crippen LogP contribution in [-0.2, 0) is 0 Å². The fourth-order valence-electron chi connectivity index (χ4n) is 1.20. The molecule has 0 saturated heterocycles. The van der Waals surface area contributed by atoms with Gasteiger partial charge in [0.1, 0.15) is 0 Å². The molecule has 0 saturated carbocycles. The summed E-state index contributed by atoms with van der Waals surface area (Å²) < 4.78 is 0. The zero-order valence-corrected chi connectivity index (χ0v) is 8.57. The van der Waals surface area contributed by atoms with E-state index in [9.17, 15) is 0 Å². The molecule has 0 atom stereocenters. The summed E-state index contributed by atoms with van der Waals surface area (Å²) in [6, 6.07) is 6.70.